The summed E-state index contributed by atoms with van der Waals surface area (Å²) in [5, 5.41) is 3.37. The van der Waals surface area contributed by atoms with Gasteiger partial charge in [0, 0.05) is 37.2 Å². The molecule has 2 nitrogen and oxygen atoms in total. The summed E-state index contributed by atoms with van der Waals surface area (Å²) in [5.74, 6) is 0. The molecule has 3 heteroatoms. The minimum atomic E-state index is 1.14. The third-order valence-electron chi connectivity index (χ3n) is 2.82. The molecule has 0 aliphatic carbocycles. The predicted molar refractivity (Wildman–Crippen MR) is 67.2 cm³/mol. The summed E-state index contributed by atoms with van der Waals surface area (Å²) in [6, 6.07) is 8.60. The molecule has 0 radical (unpaired) electrons. The summed E-state index contributed by atoms with van der Waals surface area (Å²) >= 11 is 3.50. The van der Waals surface area contributed by atoms with Crippen LogP contribution in [0.4, 0.5) is 0 Å². The van der Waals surface area contributed by atoms with Crippen molar-refractivity contribution in [2.75, 3.05) is 32.7 Å². The topological polar surface area (TPSA) is 15.3 Å². The van der Waals surface area contributed by atoms with E-state index in [1.165, 1.54) is 29.7 Å². The molecule has 0 unspecified atom stereocenters. The molecule has 0 bridgehead atoms. The minimum Gasteiger partial charge on any atom is -0.314 e. The molecule has 0 aromatic heterocycles. The lowest BCUT2D eigenvalue weighted by Crippen LogP contribution is -2.44. The molecule has 1 saturated heterocycles. The molecule has 15 heavy (non-hydrogen) atoms. The highest BCUT2D eigenvalue weighted by Crippen LogP contribution is 2.12. The molecule has 1 aromatic carbocycles. The Morgan fingerprint density at radius 2 is 2.07 bits per heavy atom. The summed E-state index contributed by atoms with van der Waals surface area (Å²) in [5.41, 5.74) is 1.42. The fourth-order valence-electron chi connectivity index (χ4n) is 1.91. The number of nitrogens with zero attached hydrogens (tertiary/aromatic N) is 1. The van der Waals surface area contributed by atoms with Crippen molar-refractivity contribution in [1.82, 2.24) is 10.2 Å². The Morgan fingerprint density at radius 3 is 2.80 bits per heavy atom. The van der Waals surface area contributed by atoms with Gasteiger partial charge in [0.15, 0.2) is 0 Å². The van der Waals surface area contributed by atoms with Crippen LogP contribution < -0.4 is 5.32 Å². The Kier molecular flexibility index (Phi) is 4.18. The van der Waals surface area contributed by atoms with E-state index in [0.717, 1.165) is 19.5 Å². The lowest BCUT2D eigenvalue weighted by atomic mass is 10.1. The lowest BCUT2D eigenvalue weighted by Gasteiger charge is -2.27. The van der Waals surface area contributed by atoms with E-state index in [9.17, 15) is 0 Å². The molecule has 1 heterocycles. The van der Waals surface area contributed by atoms with Gasteiger partial charge in [-0.25, -0.2) is 0 Å². The smallest absolute Gasteiger partial charge is 0.0178 e. The zero-order chi connectivity index (χ0) is 10.5. The number of hydrogen-bond acceptors (Lipinski definition) is 2. The first-order valence-corrected chi connectivity index (χ1v) is 6.31. The van der Waals surface area contributed by atoms with E-state index >= 15 is 0 Å². The first-order valence-electron chi connectivity index (χ1n) is 5.52. The van der Waals surface area contributed by atoms with Gasteiger partial charge in [-0.1, -0.05) is 28.1 Å². The van der Waals surface area contributed by atoms with E-state index in [1.807, 2.05) is 0 Å². The van der Waals surface area contributed by atoms with E-state index in [-0.39, 0.29) is 0 Å². The van der Waals surface area contributed by atoms with E-state index in [4.69, 9.17) is 0 Å². The van der Waals surface area contributed by atoms with Crippen molar-refractivity contribution in [3.05, 3.63) is 34.3 Å². The van der Waals surface area contributed by atoms with Crippen LogP contribution in [0.2, 0.25) is 0 Å². The predicted octanol–water partition coefficient (Wildman–Crippen LogP) is 1.90. The molecule has 1 aliphatic rings. The van der Waals surface area contributed by atoms with Crippen LogP contribution in [-0.2, 0) is 6.42 Å². The van der Waals surface area contributed by atoms with E-state index in [2.05, 4.69) is 50.4 Å². The van der Waals surface area contributed by atoms with Crippen LogP contribution in [0.15, 0.2) is 28.7 Å². The van der Waals surface area contributed by atoms with Crippen molar-refractivity contribution >= 4 is 15.9 Å². The maximum absolute atomic E-state index is 3.50. The maximum Gasteiger partial charge on any atom is 0.0178 e. The summed E-state index contributed by atoms with van der Waals surface area (Å²) < 4.78 is 1.18. The largest absolute Gasteiger partial charge is 0.314 e. The number of hydrogen-bond donors (Lipinski definition) is 1. The second-order valence-electron chi connectivity index (χ2n) is 3.97. The molecule has 0 spiro atoms. The first-order chi connectivity index (χ1) is 7.34. The molecule has 82 valence electrons. The fourth-order valence-corrected chi connectivity index (χ4v) is 2.36. The van der Waals surface area contributed by atoms with Gasteiger partial charge in [-0.2, -0.15) is 0 Å². The van der Waals surface area contributed by atoms with Crippen LogP contribution in [-0.4, -0.2) is 37.6 Å². The van der Waals surface area contributed by atoms with Crippen LogP contribution in [0.3, 0.4) is 0 Å². The average molecular weight is 269 g/mol. The second-order valence-corrected chi connectivity index (χ2v) is 4.89. The summed E-state index contributed by atoms with van der Waals surface area (Å²) in [6.07, 6.45) is 1.15. The molecular formula is C12H17BrN2. The van der Waals surface area contributed by atoms with Gasteiger partial charge in [-0.15, -0.1) is 0 Å². The Morgan fingerprint density at radius 1 is 1.27 bits per heavy atom. The highest BCUT2D eigenvalue weighted by Gasteiger charge is 2.08. The first kappa shape index (κ1) is 11.1. The summed E-state index contributed by atoms with van der Waals surface area (Å²) in [7, 11) is 0. The lowest BCUT2D eigenvalue weighted by molar-refractivity contribution is 0.244. The molecule has 0 amide bonds. The number of halogens is 1. The molecule has 1 N–H and O–H groups in total. The third-order valence-corrected chi connectivity index (χ3v) is 3.31. The van der Waals surface area contributed by atoms with E-state index < -0.39 is 0 Å². The quantitative estimate of drug-likeness (QED) is 0.901. The highest BCUT2D eigenvalue weighted by molar-refractivity contribution is 9.10. The van der Waals surface area contributed by atoms with Crippen molar-refractivity contribution in [3.63, 3.8) is 0 Å². The number of nitrogens with one attached hydrogen (secondary N) is 1. The monoisotopic (exact) mass is 268 g/mol. The zero-order valence-electron chi connectivity index (χ0n) is 8.88. The van der Waals surface area contributed by atoms with Gasteiger partial charge >= 0.3 is 0 Å². The molecule has 0 saturated carbocycles. The van der Waals surface area contributed by atoms with Gasteiger partial charge in [0.25, 0.3) is 0 Å². The summed E-state index contributed by atoms with van der Waals surface area (Å²) in [4.78, 5) is 2.53. The fraction of sp³-hybridized carbons (Fsp3) is 0.500. The molecule has 1 fully saturated rings. The number of benzene rings is 1. The maximum atomic E-state index is 3.50. The molecule has 0 atom stereocenters. The molecule has 1 aromatic rings. The number of rotatable bonds is 3. The van der Waals surface area contributed by atoms with Crippen molar-refractivity contribution in [2.24, 2.45) is 0 Å². The molecule has 1 aliphatic heterocycles. The minimum absolute atomic E-state index is 1.14. The van der Waals surface area contributed by atoms with Crippen molar-refractivity contribution in [3.8, 4) is 0 Å². The zero-order valence-corrected chi connectivity index (χ0v) is 10.5. The van der Waals surface area contributed by atoms with Gasteiger partial charge in [0.2, 0.25) is 0 Å². The Labute approximate surface area is 99.8 Å². The Bertz CT molecular complexity index is 308. The second kappa shape index (κ2) is 5.64. The van der Waals surface area contributed by atoms with Gasteiger partial charge in [-0.3, -0.25) is 0 Å². The van der Waals surface area contributed by atoms with Gasteiger partial charge in [-0.05, 0) is 24.1 Å². The van der Waals surface area contributed by atoms with E-state index in [1.54, 1.807) is 0 Å². The van der Waals surface area contributed by atoms with Crippen LogP contribution in [0.5, 0.6) is 0 Å². The standard InChI is InChI=1S/C12H17BrN2/c13-12-3-1-2-11(10-12)4-7-15-8-5-14-6-9-15/h1-3,10,14H,4-9H2. The Hall–Kier alpha value is -0.380. The van der Waals surface area contributed by atoms with Crippen molar-refractivity contribution in [2.45, 2.75) is 6.42 Å². The van der Waals surface area contributed by atoms with Gasteiger partial charge in [0.1, 0.15) is 0 Å². The van der Waals surface area contributed by atoms with E-state index in [0.29, 0.717) is 0 Å². The van der Waals surface area contributed by atoms with Crippen molar-refractivity contribution < 1.29 is 0 Å². The SMILES string of the molecule is Brc1cccc(CCN2CCNCC2)c1. The van der Waals surface area contributed by atoms with Gasteiger partial charge < -0.3 is 10.2 Å². The van der Waals surface area contributed by atoms with Gasteiger partial charge in [0.05, 0.1) is 0 Å². The van der Waals surface area contributed by atoms with Crippen LogP contribution in [0, 0.1) is 0 Å². The average Bonchev–Trinajstić information content (AvgIpc) is 2.28. The number of piperazine rings is 1. The van der Waals surface area contributed by atoms with Crippen molar-refractivity contribution in [1.29, 1.82) is 0 Å². The molecule has 2 rings (SSSR count). The normalized spacial score (nSPS) is 17.9. The van der Waals surface area contributed by atoms with Crippen LogP contribution in [0.25, 0.3) is 0 Å². The van der Waals surface area contributed by atoms with Crippen LogP contribution >= 0.6 is 15.9 Å². The Balaban J connectivity index is 1.81. The molecular weight excluding hydrogens is 252 g/mol. The third kappa shape index (κ3) is 3.59. The summed E-state index contributed by atoms with van der Waals surface area (Å²) in [6.45, 7) is 5.83. The van der Waals surface area contributed by atoms with Crippen LogP contribution in [0.1, 0.15) is 5.56 Å². The highest BCUT2D eigenvalue weighted by atomic mass is 79.9.